The minimum atomic E-state index is -0.554. The average Bonchev–Trinajstić information content (AvgIpc) is 3.64. The molecule has 1 aliphatic rings. The lowest BCUT2D eigenvalue weighted by atomic mass is 10.1. The van der Waals surface area contributed by atoms with Crippen molar-refractivity contribution in [2.75, 3.05) is 51.6 Å². The number of halogens is 1. The number of fused-ring (bicyclic) bond motifs is 1. The van der Waals surface area contributed by atoms with Crippen molar-refractivity contribution in [2.45, 2.75) is 19.4 Å². The van der Waals surface area contributed by atoms with Gasteiger partial charge in [-0.1, -0.05) is 35.9 Å². The lowest BCUT2D eigenvalue weighted by Gasteiger charge is -2.32. The third-order valence-electron chi connectivity index (χ3n) is 7.82. The summed E-state index contributed by atoms with van der Waals surface area (Å²) in [4.78, 5) is 31.4. The van der Waals surface area contributed by atoms with Crippen LogP contribution in [0.3, 0.4) is 0 Å². The van der Waals surface area contributed by atoms with Gasteiger partial charge in [-0.3, -0.25) is 9.36 Å². The summed E-state index contributed by atoms with van der Waals surface area (Å²) in [6, 6.07) is 17.2. The minimum absolute atomic E-state index is 0.335. The van der Waals surface area contributed by atoms with Gasteiger partial charge in [0.15, 0.2) is 0 Å². The molecule has 0 aliphatic carbocycles. The Kier molecular flexibility index (Phi) is 9.08. The number of carbonyl (C=O) groups excluding carboxylic acids is 1. The zero-order chi connectivity index (χ0) is 30.6. The van der Waals surface area contributed by atoms with Crippen LogP contribution in [0.5, 0.6) is 5.75 Å². The number of imidazole rings is 1. The fourth-order valence-electron chi connectivity index (χ4n) is 5.33. The first-order valence-corrected chi connectivity index (χ1v) is 15.9. The summed E-state index contributed by atoms with van der Waals surface area (Å²) < 4.78 is 8.12. The monoisotopic (exact) mass is 630 g/mol. The van der Waals surface area contributed by atoms with E-state index in [2.05, 4.69) is 32.1 Å². The smallest absolute Gasteiger partial charge is 0.262 e. The van der Waals surface area contributed by atoms with Gasteiger partial charge in [-0.2, -0.15) is 0 Å². The van der Waals surface area contributed by atoms with Gasteiger partial charge >= 0.3 is 0 Å². The minimum Gasteiger partial charge on any atom is -0.484 e. The topological polar surface area (TPSA) is 114 Å². The number of hydrogen-bond acceptors (Lipinski definition) is 9. The van der Waals surface area contributed by atoms with Crippen LogP contribution in [0.1, 0.15) is 34.7 Å². The van der Waals surface area contributed by atoms with Crippen molar-refractivity contribution in [3.8, 4) is 22.0 Å². The van der Waals surface area contributed by atoms with E-state index in [1.165, 1.54) is 11.3 Å². The van der Waals surface area contributed by atoms with Crippen LogP contribution in [0.25, 0.3) is 27.3 Å². The molecule has 0 radical (unpaired) electrons. The molecule has 10 nitrogen and oxygen atoms in total. The molecule has 5 aromatic rings. The Morgan fingerprint density at radius 3 is 2.73 bits per heavy atom. The van der Waals surface area contributed by atoms with Crippen molar-refractivity contribution < 1.29 is 9.53 Å². The van der Waals surface area contributed by atoms with Crippen molar-refractivity contribution >= 4 is 45.8 Å². The molecule has 12 heteroatoms. The number of amides is 1. The predicted octanol–water partition coefficient (Wildman–Crippen LogP) is 5.49. The Morgan fingerprint density at radius 2 is 1.93 bits per heavy atom. The molecule has 3 aromatic heterocycles. The summed E-state index contributed by atoms with van der Waals surface area (Å²) in [7, 11) is 2.17. The maximum Gasteiger partial charge on any atom is 0.262 e. The second-order valence-electron chi connectivity index (χ2n) is 10.9. The van der Waals surface area contributed by atoms with E-state index in [1.54, 1.807) is 12.5 Å². The number of nitrogens with one attached hydrogen (secondary N) is 1. The quantitative estimate of drug-likeness (QED) is 0.184. The molecular formula is C32H35ClN8O2S. The number of rotatable bonds is 11. The molecule has 0 saturated carbocycles. The van der Waals surface area contributed by atoms with Gasteiger partial charge in [0.05, 0.1) is 16.7 Å². The summed E-state index contributed by atoms with van der Waals surface area (Å²) in [5.41, 5.74) is 9.99. The Balaban J connectivity index is 1.16. The number of aromatic nitrogens is 4. The number of primary amides is 1. The molecule has 0 bridgehead atoms. The normalized spacial score (nSPS) is 15.0. The third-order valence-corrected chi connectivity index (χ3v) is 9.30. The number of nitrogens with zero attached hydrogens (tertiary/aromatic N) is 6. The van der Waals surface area contributed by atoms with Gasteiger partial charge in [-0.15, -0.1) is 11.3 Å². The highest BCUT2D eigenvalue weighted by molar-refractivity contribution is 7.16. The van der Waals surface area contributed by atoms with E-state index in [9.17, 15) is 4.79 Å². The van der Waals surface area contributed by atoms with Gasteiger partial charge in [0, 0.05) is 61.1 Å². The molecule has 3 N–H and O–H groups in total. The molecule has 2 aromatic carbocycles. The first kappa shape index (κ1) is 30.0. The first-order valence-electron chi connectivity index (χ1n) is 14.7. The molecule has 1 saturated heterocycles. The van der Waals surface area contributed by atoms with Crippen molar-refractivity contribution in [3.63, 3.8) is 0 Å². The highest BCUT2D eigenvalue weighted by atomic mass is 35.5. The van der Waals surface area contributed by atoms with Crippen molar-refractivity contribution in [1.29, 1.82) is 0 Å². The van der Waals surface area contributed by atoms with Crippen LogP contribution in [0.15, 0.2) is 67.1 Å². The highest BCUT2D eigenvalue weighted by Crippen LogP contribution is 2.37. The maximum atomic E-state index is 12.3. The number of likely N-dealkylation sites (N-methyl/N-ethyl adjacent to an activating group) is 1. The van der Waals surface area contributed by atoms with Gasteiger partial charge in [0.2, 0.25) is 5.95 Å². The lowest BCUT2D eigenvalue weighted by Crippen LogP contribution is -2.44. The van der Waals surface area contributed by atoms with Gasteiger partial charge in [-0.05, 0) is 51.2 Å². The lowest BCUT2D eigenvalue weighted by molar-refractivity contribution is 0.0998. The molecule has 1 fully saturated rings. The number of piperazine rings is 1. The molecule has 4 heterocycles. The van der Waals surface area contributed by atoms with E-state index in [0.717, 1.165) is 78.5 Å². The van der Waals surface area contributed by atoms with Crippen molar-refractivity contribution in [2.24, 2.45) is 5.73 Å². The van der Waals surface area contributed by atoms with E-state index in [1.807, 2.05) is 66.1 Å². The van der Waals surface area contributed by atoms with E-state index in [0.29, 0.717) is 21.6 Å². The fraction of sp³-hybridized carbons (Fsp3) is 0.312. The van der Waals surface area contributed by atoms with Crippen LogP contribution in [0.4, 0.5) is 5.95 Å². The molecule has 228 valence electrons. The number of benzene rings is 2. The SMILES string of the molecule is C[C@@H](Oc1cc(-n2cnc3cc(-c4ccnc(NCCCN5CCN(C)CC5)n4)ccc32)sc1C(N)=O)c1ccccc1Cl. The zero-order valence-electron chi connectivity index (χ0n) is 24.7. The third kappa shape index (κ3) is 6.71. The zero-order valence-corrected chi connectivity index (χ0v) is 26.3. The van der Waals surface area contributed by atoms with Crippen LogP contribution in [0.2, 0.25) is 5.02 Å². The molecule has 44 heavy (non-hydrogen) atoms. The first-order chi connectivity index (χ1) is 21.4. The van der Waals surface area contributed by atoms with Crippen molar-refractivity contribution in [1.82, 2.24) is 29.3 Å². The van der Waals surface area contributed by atoms with Gasteiger partial charge in [-0.25, -0.2) is 15.0 Å². The number of nitrogens with two attached hydrogens (primary N) is 1. The summed E-state index contributed by atoms with van der Waals surface area (Å²) in [5, 5.41) is 4.74. The number of thiophene rings is 1. The number of hydrogen-bond donors (Lipinski definition) is 2. The van der Waals surface area contributed by atoms with Crippen LogP contribution < -0.4 is 15.8 Å². The number of ether oxygens (including phenoxy) is 1. The van der Waals surface area contributed by atoms with Crippen LogP contribution in [0, 0.1) is 0 Å². The second kappa shape index (κ2) is 13.3. The molecule has 0 unspecified atom stereocenters. The Hall–Kier alpha value is -4.03. The molecule has 1 amide bonds. The molecular weight excluding hydrogens is 596 g/mol. The Bertz CT molecular complexity index is 1760. The van der Waals surface area contributed by atoms with E-state index in [4.69, 9.17) is 27.1 Å². The number of carbonyl (C=O) groups is 1. The average molecular weight is 631 g/mol. The fourth-order valence-corrected chi connectivity index (χ4v) is 6.54. The highest BCUT2D eigenvalue weighted by Gasteiger charge is 2.21. The van der Waals surface area contributed by atoms with E-state index >= 15 is 0 Å². The van der Waals surface area contributed by atoms with Gasteiger partial charge < -0.3 is 25.6 Å². The van der Waals surface area contributed by atoms with Crippen LogP contribution in [-0.2, 0) is 0 Å². The second-order valence-corrected chi connectivity index (χ2v) is 12.4. The van der Waals surface area contributed by atoms with Gasteiger partial charge in [0.25, 0.3) is 5.91 Å². The van der Waals surface area contributed by atoms with Crippen LogP contribution in [-0.4, -0.2) is 81.5 Å². The predicted molar refractivity (Wildman–Crippen MR) is 176 cm³/mol. The van der Waals surface area contributed by atoms with Crippen LogP contribution >= 0.6 is 22.9 Å². The summed E-state index contributed by atoms with van der Waals surface area (Å²) in [6.07, 6.45) is 4.16. The standard InChI is InChI=1S/C32H35ClN8O2S/c1-21(23-6-3-4-7-24(23)33)43-28-19-29(44-30(28)31(34)42)41-20-37-26-18-22(8-9-27(26)41)25-10-12-36-32(38-25)35-11-5-13-40-16-14-39(2)15-17-40/h3-4,6-10,12,18-21H,5,11,13-17H2,1-2H3,(H2,34,42)(H,35,36,38)/t21-/m1/s1. The largest absolute Gasteiger partial charge is 0.484 e. The summed E-state index contributed by atoms with van der Waals surface area (Å²) in [5.74, 6) is 0.470. The Morgan fingerprint density at radius 1 is 1.11 bits per heavy atom. The molecule has 6 rings (SSSR count). The van der Waals surface area contributed by atoms with Crippen molar-refractivity contribution in [3.05, 3.63) is 82.6 Å². The van der Waals surface area contributed by atoms with E-state index < -0.39 is 5.91 Å². The summed E-state index contributed by atoms with van der Waals surface area (Å²) in [6.45, 7) is 8.27. The molecule has 0 spiro atoms. The Labute approximate surface area is 265 Å². The van der Waals surface area contributed by atoms with Gasteiger partial charge in [0.1, 0.15) is 28.1 Å². The molecule has 1 atom stereocenters. The summed E-state index contributed by atoms with van der Waals surface area (Å²) >= 11 is 7.63. The molecule has 1 aliphatic heterocycles. The number of anilines is 1. The van der Waals surface area contributed by atoms with E-state index in [-0.39, 0.29) is 6.10 Å². The maximum absolute atomic E-state index is 12.3.